The highest BCUT2D eigenvalue weighted by atomic mass is 16.3. The minimum absolute atomic E-state index is 0.0687. The normalized spacial score (nSPS) is 17.4. The van der Waals surface area contributed by atoms with Gasteiger partial charge in [-0.2, -0.15) is 5.10 Å². The van der Waals surface area contributed by atoms with Gasteiger partial charge in [-0.3, -0.25) is 4.79 Å². The molecule has 0 aromatic carbocycles. The van der Waals surface area contributed by atoms with Crippen LogP contribution in [0.4, 0.5) is 5.69 Å². The molecule has 1 saturated heterocycles. The maximum atomic E-state index is 11.7. The summed E-state index contributed by atoms with van der Waals surface area (Å²) >= 11 is 0. The lowest BCUT2D eigenvalue weighted by Gasteiger charge is -2.33. The number of aliphatic hydroxyl groups excluding tert-OH is 1. The van der Waals surface area contributed by atoms with Crippen molar-refractivity contribution in [2.45, 2.75) is 6.54 Å². The van der Waals surface area contributed by atoms with Crippen molar-refractivity contribution in [3.05, 3.63) is 22.6 Å². The Morgan fingerprint density at radius 2 is 2.06 bits per heavy atom. The molecule has 17 heavy (non-hydrogen) atoms. The van der Waals surface area contributed by atoms with E-state index in [9.17, 15) is 4.79 Å². The largest absolute Gasteiger partial charge is 0.394 e. The van der Waals surface area contributed by atoms with E-state index in [-0.39, 0.29) is 18.7 Å². The zero-order valence-electron chi connectivity index (χ0n) is 10.0. The van der Waals surface area contributed by atoms with E-state index in [0.717, 1.165) is 31.9 Å². The molecule has 6 nitrogen and oxygen atoms in total. The maximum Gasteiger partial charge on any atom is 0.268 e. The van der Waals surface area contributed by atoms with Crippen LogP contribution in [0, 0.1) is 0 Å². The van der Waals surface area contributed by atoms with Gasteiger partial charge in [0.25, 0.3) is 5.56 Å². The van der Waals surface area contributed by atoms with Crippen molar-refractivity contribution >= 4 is 5.69 Å². The molecule has 1 aromatic rings. The van der Waals surface area contributed by atoms with Gasteiger partial charge in [-0.1, -0.05) is 0 Å². The fourth-order valence-electron chi connectivity index (χ4n) is 1.92. The SMILES string of the molecule is CN1CCN(c2cnn(CCO)c(=O)c2)CC1. The van der Waals surface area contributed by atoms with Gasteiger partial charge in [0.1, 0.15) is 0 Å². The number of aliphatic hydroxyl groups is 1. The summed E-state index contributed by atoms with van der Waals surface area (Å²) in [5.74, 6) is 0. The van der Waals surface area contributed by atoms with Crippen LogP contribution in [0.3, 0.4) is 0 Å². The maximum absolute atomic E-state index is 11.7. The van der Waals surface area contributed by atoms with Crippen LogP contribution in [0.5, 0.6) is 0 Å². The number of rotatable bonds is 3. The first-order valence-corrected chi connectivity index (χ1v) is 5.82. The summed E-state index contributed by atoms with van der Waals surface area (Å²) in [5, 5.41) is 12.8. The number of aromatic nitrogens is 2. The summed E-state index contributed by atoms with van der Waals surface area (Å²) in [6.07, 6.45) is 1.70. The Morgan fingerprint density at radius 1 is 1.35 bits per heavy atom. The molecule has 0 radical (unpaired) electrons. The molecule has 0 bridgehead atoms. The first-order chi connectivity index (χ1) is 8.20. The third kappa shape index (κ3) is 2.83. The second-order valence-corrected chi connectivity index (χ2v) is 4.29. The van der Waals surface area contributed by atoms with Crippen LogP contribution in [0.2, 0.25) is 0 Å². The molecule has 0 aliphatic carbocycles. The molecule has 6 heteroatoms. The fraction of sp³-hybridized carbons (Fsp3) is 0.636. The Kier molecular flexibility index (Phi) is 3.75. The lowest BCUT2D eigenvalue weighted by molar-refractivity contribution is 0.266. The summed E-state index contributed by atoms with van der Waals surface area (Å²) in [4.78, 5) is 16.1. The first-order valence-electron chi connectivity index (χ1n) is 5.82. The van der Waals surface area contributed by atoms with Gasteiger partial charge >= 0.3 is 0 Å². The van der Waals surface area contributed by atoms with Gasteiger partial charge in [-0.05, 0) is 7.05 Å². The van der Waals surface area contributed by atoms with Crippen molar-refractivity contribution in [2.24, 2.45) is 0 Å². The van der Waals surface area contributed by atoms with E-state index in [4.69, 9.17) is 5.11 Å². The van der Waals surface area contributed by atoms with Gasteiger partial charge in [0.05, 0.1) is 25.0 Å². The molecular formula is C11H18N4O2. The Hall–Kier alpha value is -1.40. The minimum Gasteiger partial charge on any atom is -0.394 e. The van der Waals surface area contributed by atoms with Crippen LogP contribution >= 0.6 is 0 Å². The quantitative estimate of drug-likeness (QED) is 0.731. The van der Waals surface area contributed by atoms with Crippen LogP contribution in [-0.4, -0.2) is 59.6 Å². The van der Waals surface area contributed by atoms with Crippen molar-refractivity contribution in [1.29, 1.82) is 0 Å². The van der Waals surface area contributed by atoms with Crippen LogP contribution < -0.4 is 10.5 Å². The van der Waals surface area contributed by atoms with Gasteiger partial charge in [0.15, 0.2) is 0 Å². The summed E-state index contributed by atoms with van der Waals surface area (Å²) in [5.41, 5.74) is 0.716. The van der Waals surface area contributed by atoms with E-state index in [0.29, 0.717) is 0 Å². The molecule has 0 spiro atoms. The third-order valence-corrected chi connectivity index (χ3v) is 3.04. The van der Waals surface area contributed by atoms with E-state index < -0.39 is 0 Å². The van der Waals surface area contributed by atoms with E-state index in [1.54, 1.807) is 12.3 Å². The fourth-order valence-corrected chi connectivity index (χ4v) is 1.92. The number of nitrogens with zero attached hydrogens (tertiary/aromatic N) is 4. The predicted octanol–water partition coefficient (Wildman–Crippen LogP) is -1.01. The highest BCUT2D eigenvalue weighted by molar-refractivity contribution is 5.43. The Balaban J connectivity index is 2.12. The lowest BCUT2D eigenvalue weighted by atomic mass is 10.3. The van der Waals surface area contributed by atoms with Crippen molar-refractivity contribution in [1.82, 2.24) is 14.7 Å². The number of anilines is 1. The highest BCUT2D eigenvalue weighted by Crippen LogP contribution is 2.11. The van der Waals surface area contributed by atoms with E-state index in [2.05, 4.69) is 21.9 Å². The average Bonchev–Trinajstić information content (AvgIpc) is 2.33. The molecule has 94 valence electrons. The standard InChI is InChI=1S/C11H18N4O2/c1-13-2-4-14(5-3-13)10-8-11(17)15(6-7-16)12-9-10/h8-9,16H,2-7H2,1H3. The third-order valence-electron chi connectivity index (χ3n) is 3.04. The molecule has 2 heterocycles. The van der Waals surface area contributed by atoms with E-state index >= 15 is 0 Å². The van der Waals surface area contributed by atoms with Crippen LogP contribution in [0.1, 0.15) is 0 Å². The molecule has 0 unspecified atom stereocenters. The van der Waals surface area contributed by atoms with E-state index in [1.165, 1.54) is 4.68 Å². The van der Waals surface area contributed by atoms with Crippen molar-refractivity contribution in [3.8, 4) is 0 Å². The predicted molar refractivity (Wildman–Crippen MR) is 65.3 cm³/mol. The number of hydrogen-bond donors (Lipinski definition) is 1. The smallest absolute Gasteiger partial charge is 0.268 e. The Morgan fingerprint density at radius 3 is 2.65 bits per heavy atom. The number of likely N-dealkylation sites (N-methyl/N-ethyl adjacent to an activating group) is 1. The van der Waals surface area contributed by atoms with Crippen molar-refractivity contribution in [2.75, 3.05) is 44.7 Å². The Bertz CT molecular complexity index is 424. The molecular weight excluding hydrogens is 220 g/mol. The summed E-state index contributed by atoms with van der Waals surface area (Å²) in [6.45, 7) is 4.02. The molecule has 1 fully saturated rings. The zero-order valence-corrected chi connectivity index (χ0v) is 10.0. The number of piperazine rings is 1. The molecule has 1 aliphatic rings. The van der Waals surface area contributed by atoms with Gasteiger partial charge < -0.3 is 14.9 Å². The molecule has 2 rings (SSSR count). The minimum atomic E-state index is -0.157. The summed E-state index contributed by atoms with van der Waals surface area (Å²) in [7, 11) is 2.09. The van der Waals surface area contributed by atoms with Crippen molar-refractivity contribution in [3.63, 3.8) is 0 Å². The average molecular weight is 238 g/mol. The first kappa shape index (κ1) is 12.1. The Labute approximate surface area is 100 Å². The van der Waals surface area contributed by atoms with Crippen molar-refractivity contribution < 1.29 is 5.11 Å². The molecule has 1 aromatic heterocycles. The van der Waals surface area contributed by atoms with Crippen LogP contribution in [0.25, 0.3) is 0 Å². The van der Waals surface area contributed by atoms with Gasteiger partial charge in [-0.25, -0.2) is 4.68 Å². The molecule has 0 amide bonds. The van der Waals surface area contributed by atoms with E-state index in [1.807, 2.05) is 0 Å². The van der Waals surface area contributed by atoms with Gasteiger partial charge in [0, 0.05) is 32.2 Å². The summed E-state index contributed by atoms with van der Waals surface area (Å²) < 4.78 is 1.28. The lowest BCUT2D eigenvalue weighted by Crippen LogP contribution is -2.45. The molecule has 1 aliphatic heterocycles. The molecule has 1 N–H and O–H groups in total. The number of hydrogen-bond acceptors (Lipinski definition) is 5. The van der Waals surface area contributed by atoms with Crippen LogP contribution in [0.15, 0.2) is 17.1 Å². The topological polar surface area (TPSA) is 61.6 Å². The summed E-state index contributed by atoms with van der Waals surface area (Å²) in [6, 6.07) is 1.59. The second-order valence-electron chi connectivity index (χ2n) is 4.29. The van der Waals surface area contributed by atoms with Gasteiger partial charge in [0.2, 0.25) is 0 Å². The van der Waals surface area contributed by atoms with Gasteiger partial charge in [-0.15, -0.1) is 0 Å². The second kappa shape index (κ2) is 5.29. The highest BCUT2D eigenvalue weighted by Gasteiger charge is 2.15. The zero-order chi connectivity index (χ0) is 12.3. The van der Waals surface area contributed by atoms with Crippen LogP contribution in [-0.2, 0) is 6.54 Å². The molecule has 0 saturated carbocycles. The molecule has 0 atom stereocenters. The monoisotopic (exact) mass is 238 g/mol.